The highest BCUT2D eigenvalue weighted by Crippen LogP contribution is 2.31. The van der Waals surface area contributed by atoms with Gasteiger partial charge in [0, 0.05) is 11.7 Å². The first-order valence-corrected chi connectivity index (χ1v) is 7.41. The largest absolute Gasteiger partial charge is 0.416 e. The zero-order valence-electron chi connectivity index (χ0n) is 12.4. The van der Waals surface area contributed by atoms with Crippen LogP contribution in [0.5, 0.6) is 0 Å². The smallest absolute Gasteiger partial charge is 0.365 e. The van der Waals surface area contributed by atoms with Gasteiger partial charge in [-0.25, -0.2) is 4.98 Å². The fourth-order valence-corrected chi connectivity index (χ4v) is 2.29. The quantitative estimate of drug-likeness (QED) is 0.678. The number of halogens is 3. The number of nitrogens with zero attached hydrogens (tertiary/aromatic N) is 3. The molecule has 124 valence electrons. The third-order valence-corrected chi connectivity index (χ3v) is 3.67. The molecule has 0 atom stereocenters. The predicted octanol–water partition coefficient (Wildman–Crippen LogP) is 3.69. The second-order valence-electron chi connectivity index (χ2n) is 5.62. The molecule has 3 N–H and O–H groups in total. The van der Waals surface area contributed by atoms with Gasteiger partial charge in [0.25, 0.3) is 0 Å². The molecule has 3 aromatic rings. The van der Waals surface area contributed by atoms with E-state index in [1.165, 1.54) is 18.5 Å². The summed E-state index contributed by atoms with van der Waals surface area (Å²) in [6, 6.07) is 5.10. The molecule has 2 heterocycles. The molecule has 0 amide bonds. The normalized spacial score (nSPS) is 14.8. The monoisotopic (exact) mass is 334 g/mol. The van der Waals surface area contributed by atoms with Crippen LogP contribution in [-0.2, 0) is 6.18 Å². The van der Waals surface area contributed by atoms with Crippen LogP contribution in [0, 0.1) is 0 Å². The lowest BCUT2D eigenvalue weighted by molar-refractivity contribution is -0.137. The molecule has 1 aliphatic rings. The lowest BCUT2D eigenvalue weighted by Gasteiger charge is -2.10. The summed E-state index contributed by atoms with van der Waals surface area (Å²) in [6.45, 7) is 0. The van der Waals surface area contributed by atoms with Crippen LogP contribution in [0.15, 0.2) is 30.6 Å². The summed E-state index contributed by atoms with van der Waals surface area (Å²) in [7, 11) is 0. The Morgan fingerprint density at radius 1 is 1.08 bits per heavy atom. The number of alkyl halides is 3. The summed E-state index contributed by atoms with van der Waals surface area (Å²) in [4.78, 5) is 15.8. The Morgan fingerprint density at radius 2 is 1.83 bits per heavy atom. The average molecular weight is 334 g/mol. The standard InChI is InChI=1S/C15H13F3N6/c16-15(17,18)8-1-3-10(4-2-8)22-14-23-12-11(19-7-20-12)13(24-14)21-9-5-6-9/h1-4,7,9H,5-6H2,(H3,19,20,21,22,23,24). The average Bonchev–Trinajstić information content (AvgIpc) is 3.21. The Bertz CT molecular complexity index is 867. The Kier molecular flexibility index (Phi) is 3.29. The van der Waals surface area contributed by atoms with Crippen LogP contribution in [0.1, 0.15) is 18.4 Å². The minimum atomic E-state index is -4.36. The first-order chi connectivity index (χ1) is 11.5. The highest BCUT2D eigenvalue weighted by Gasteiger charge is 2.30. The highest BCUT2D eigenvalue weighted by atomic mass is 19.4. The molecule has 1 saturated carbocycles. The Balaban J connectivity index is 1.61. The van der Waals surface area contributed by atoms with E-state index in [4.69, 9.17) is 0 Å². The van der Waals surface area contributed by atoms with Crippen molar-refractivity contribution in [3.63, 3.8) is 0 Å². The third-order valence-electron chi connectivity index (χ3n) is 3.67. The second kappa shape index (κ2) is 5.36. The lowest BCUT2D eigenvalue weighted by atomic mass is 10.2. The van der Waals surface area contributed by atoms with Crippen molar-refractivity contribution in [3.05, 3.63) is 36.2 Å². The minimum Gasteiger partial charge on any atom is -0.365 e. The van der Waals surface area contributed by atoms with Gasteiger partial charge in [-0.05, 0) is 37.1 Å². The van der Waals surface area contributed by atoms with Crippen LogP contribution >= 0.6 is 0 Å². The van der Waals surface area contributed by atoms with Crippen molar-refractivity contribution in [2.75, 3.05) is 10.6 Å². The van der Waals surface area contributed by atoms with Crippen LogP contribution in [-0.4, -0.2) is 26.0 Å². The zero-order valence-corrected chi connectivity index (χ0v) is 12.4. The van der Waals surface area contributed by atoms with Gasteiger partial charge in [-0.2, -0.15) is 23.1 Å². The number of H-pyrrole nitrogens is 1. The molecule has 1 fully saturated rings. The molecule has 24 heavy (non-hydrogen) atoms. The van der Waals surface area contributed by atoms with Crippen molar-refractivity contribution in [1.29, 1.82) is 0 Å². The molecule has 0 radical (unpaired) electrons. The molecule has 4 rings (SSSR count). The van der Waals surface area contributed by atoms with E-state index in [0.717, 1.165) is 25.0 Å². The Morgan fingerprint density at radius 3 is 2.50 bits per heavy atom. The number of anilines is 3. The number of nitrogens with one attached hydrogen (secondary N) is 3. The van der Waals surface area contributed by atoms with Gasteiger partial charge in [0.2, 0.25) is 5.95 Å². The van der Waals surface area contributed by atoms with Crippen molar-refractivity contribution in [2.24, 2.45) is 0 Å². The van der Waals surface area contributed by atoms with E-state index in [0.29, 0.717) is 28.7 Å². The van der Waals surface area contributed by atoms with Crippen LogP contribution < -0.4 is 10.6 Å². The molecular formula is C15H13F3N6. The number of aromatic amines is 1. The molecule has 1 aromatic carbocycles. The molecule has 2 aromatic heterocycles. The number of hydrogen-bond acceptors (Lipinski definition) is 5. The van der Waals surface area contributed by atoms with Gasteiger partial charge in [-0.3, -0.25) is 0 Å². The summed E-state index contributed by atoms with van der Waals surface area (Å²) in [5.41, 5.74) is 0.963. The van der Waals surface area contributed by atoms with E-state index in [9.17, 15) is 13.2 Å². The highest BCUT2D eigenvalue weighted by molar-refractivity contribution is 5.84. The van der Waals surface area contributed by atoms with E-state index in [-0.39, 0.29) is 5.95 Å². The van der Waals surface area contributed by atoms with E-state index < -0.39 is 11.7 Å². The molecule has 1 aliphatic carbocycles. The van der Waals surface area contributed by atoms with Gasteiger partial charge in [0.15, 0.2) is 11.5 Å². The van der Waals surface area contributed by atoms with Gasteiger partial charge >= 0.3 is 6.18 Å². The topological polar surface area (TPSA) is 78.5 Å². The molecule has 9 heteroatoms. The summed E-state index contributed by atoms with van der Waals surface area (Å²) in [6.07, 6.45) is -0.660. The summed E-state index contributed by atoms with van der Waals surface area (Å²) < 4.78 is 37.8. The number of fused-ring (bicyclic) bond motifs is 1. The molecule has 0 spiro atoms. The van der Waals surface area contributed by atoms with Crippen molar-refractivity contribution < 1.29 is 13.2 Å². The van der Waals surface area contributed by atoms with E-state index >= 15 is 0 Å². The van der Waals surface area contributed by atoms with Crippen LogP contribution in [0.3, 0.4) is 0 Å². The summed E-state index contributed by atoms with van der Waals surface area (Å²) in [5.74, 6) is 0.909. The maximum Gasteiger partial charge on any atom is 0.416 e. The van der Waals surface area contributed by atoms with Crippen LogP contribution in [0.4, 0.5) is 30.6 Å². The van der Waals surface area contributed by atoms with Crippen LogP contribution in [0.25, 0.3) is 11.2 Å². The van der Waals surface area contributed by atoms with Crippen molar-refractivity contribution in [2.45, 2.75) is 25.1 Å². The maximum absolute atomic E-state index is 12.6. The SMILES string of the molecule is FC(F)(F)c1ccc(Nc2nc(NC3CC3)c3[nH]cnc3n2)cc1. The van der Waals surface area contributed by atoms with E-state index in [1.807, 2.05) is 0 Å². The molecule has 6 nitrogen and oxygen atoms in total. The maximum atomic E-state index is 12.6. The van der Waals surface area contributed by atoms with Crippen molar-refractivity contribution >= 4 is 28.6 Å². The first-order valence-electron chi connectivity index (χ1n) is 7.41. The van der Waals surface area contributed by atoms with Gasteiger partial charge in [-0.1, -0.05) is 0 Å². The van der Waals surface area contributed by atoms with E-state index in [1.54, 1.807) is 0 Å². The predicted molar refractivity (Wildman–Crippen MR) is 83.1 cm³/mol. The fourth-order valence-electron chi connectivity index (χ4n) is 2.29. The molecule has 0 unspecified atom stereocenters. The molecular weight excluding hydrogens is 321 g/mol. The lowest BCUT2D eigenvalue weighted by Crippen LogP contribution is -2.07. The Hall–Kier alpha value is -2.84. The van der Waals surface area contributed by atoms with Gasteiger partial charge in [-0.15, -0.1) is 0 Å². The second-order valence-corrected chi connectivity index (χ2v) is 5.62. The summed E-state index contributed by atoms with van der Waals surface area (Å²) in [5, 5.41) is 6.20. The molecule has 0 aliphatic heterocycles. The van der Waals surface area contributed by atoms with E-state index in [2.05, 4.69) is 30.6 Å². The van der Waals surface area contributed by atoms with Crippen molar-refractivity contribution in [1.82, 2.24) is 19.9 Å². The number of benzene rings is 1. The number of rotatable bonds is 4. The fraction of sp³-hybridized carbons (Fsp3) is 0.267. The van der Waals surface area contributed by atoms with Gasteiger partial charge < -0.3 is 15.6 Å². The summed E-state index contributed by atoms with van der Waals surface area (Å²) >= 11 is 0. The molecule has 0 saturated heterocycles. The number of hydrogen-bond donors (Lipinski definition) is 3. The Labute approximate surface area is 134 Å². The number of imidazole rings is 1. The van der Waals surface area contributed by atoms with Gasteiger partial charge in [0.05, 0.1) is 11.9 Å². The third kappa shape index (κ3) is 2.97. The molecule has 0 bridgehead atoms. The van der Waals surface area contributed by atoms with Gasteiger partial charge in [0.1, 0.15) is 5.52 Å². The number of aromatic nitrogens is 4. The first kappa shape index (κ1) is 14.7. The van der Waals surface area contributed by atoms with Crippen molar-refractivity contribution in [3.8, 4) is 0 Å². The minimum absolute atomic E-state index is 0.275. The van der Waals surface area contributed by atoms with Crippen LogP contribution in [0.2, 0.25) is 0 Å². The zero-order chi connectivity index (χ0) is 16.7.